The van der Waals surface area contributed by atoms with Gasteiger partial charge in [-0.25, -0.2) is 8.42 Å². The molecule has 0 bridgehead atoms. The maximum atomic E-state index is 12.6. The van der Waals surface area contributed by atoms with Crippen LogP contribution in [0.4, 0.5) is 5.69 Å². The van der Waals surface area contributed by atoms with Crippen molar-refractivity contribution in [2.75, 3.05) is 11.9 Å². The Morgan fingerprint density at radius 3 is 2.39 bits per heavy atom. The van der Waals surface area contributed by atoms with Gasteiger partial charge in [-0.15, -0.1) is 0 Å². The van der Waals surface area contributed by atoms with E-state index < -0.39 is 10.0 Å². The lowest BCUT2D eigenvalue weighted by atomic mass is 10.0. The van der Waals surface area contributed by atoms with Gasteiger partial charge in [-0.3, -0.25) is 19.3 Å². The van der Waals surface area contributed by atoms with Crippen molar-refractivity contribution >= 4 is 33.2 Å². The number of hydrogen-bond acceptors (Lipinski definition) is 5. The van der Waals surface area contributed by atoms with Crippen molar-refractivity contribution in [1.82, 2.24) is 4.72 Å². The Morgan fingerprint density at radius 2 is 1.58 bits per heavy atom. The molecule has 0 aromatic heterocycles. The number of hydrogen-bond donors (Lipinski definition) is 2. The molecule has 7 nitrogen and oxygen atoms in total. The highest BCUT2D eigenvalue weighted by Crippen LogP contribution is 2.22. The van der Waals surface area contributed by atoms with Crippen LogP contribution in [-0.4, -0.2) is 32.5 Å². The number of rotatable bonds is 6. The summed E-state index contributed by atoms with van der Waals surface area (Å²) < 4.78 is 26.6. The van der Waals surface area contributed by atoms with E-state index >= 15 is 0 Å². The third-order valence-electron chi connectivity index (χ3n) is 4.72. The molecule has 156 valence electrons. The zero-order valence-corrected chi connectivity index (χ0v) is 17.2. The lowest BCUT2D eigenvalue weighted by Crippen LogP contribution is -2.23. The van der Waals surface area contributed by atoms with Gasteiger partial charge in [-0.1, -0.05) is 54.6 Å². The van der Waals surface area contributed by atoms with Crippen LogP contribution in [0, 0.1) is 0 Å². The zero-order valence-electron chi connectivity index (χ0n) is 16.4. The lowest BCUT2D eigenvalue weighted by molar-refractivity contribution is -0.116. The highest BCUT2D eigenvalue weighted by Gasteiger charge is 2.29. The third-order valence-corrected chi connectivity index (χ3v) is 6.11. The summed E-state index contributed by atoms with van der Waals surface area (Å²) in [4.78, 5) is 29.3. The molecule has 0 unspecified atom stereocenters. The van der Waals surface area contributed by atoms with Crippen molar-refractivity contribution in [2.45, 2.75) is 11.3 Å². The first-order chi connectivity index (χ1) is 14.9. The number of ketones is 1. The average molecular weight is 433 g/mol. The van der Waals surface area contributed by atoms with Gasteiger partial charge in [-0.2, -0.15) is 0 Å². The molecule has 0 saturated heterocycles. The molecule has 0 atom stereocenters. The van der Waals surface area contributed by atoms with Gasteiger partial charge < -0.3 is 5.32 Å². The highest BCUT2D eigenvalue weighted by atomic mass is 32.2. The summed E-state index contributed by atoms with van der Waals surface area (Å²) in [6, 6.07) is 22.2. The molecule has 4 rings (SSSR count). The average Bonchev–Trinajstić information content (AvgIpc) is 3.04. The van der Waals surface area contributed by atoms with Gasteiger partial charge in [-0.05, 0) is 24.3 Å². The van der Waals surface area contributed by atoms with Gasteiger partial charge in [0.25, 0.3) is 10.0 Å². The minimum absolute atomic E-state index is 0.0598. The standard InChI is InChI=1S/C23H19N3O4S/c27-21(13-14-24-23-19-11-4-5-12-20(19)31(29,30)26-23)25-18-10-6-9-17(15-18)22(28)16-7-2-1-3-8-16/h1-12,15H,13-14H2,(H,24,26)(H,25,27). The van der Waals surface area contributed by atoms with Crippen LogP contribution in [0.15, 0.2) is 88.8 Å². The van der Waals surface area contributed by atoms with E-state index in [0.29, 0.717) is 22.4 Å². The summed E-state index contributed by atoms with van der Waals surface area (Å²) in [5.41, 5.74) is 2.05. The van der Waals surface area contributed by atoms with Crippen molar-refractivity contribution < 1.29 is 18.0 Å². The van der Waals surface area contributed by atoms with Crippen molar-refractivity contribution in [3.8, 4) is 0 Å². The summed E-state index contributed by atoms with van der Waals surface area (Å²) >= 11 is 0. The molecule has 0 saturated carbocycles. The number of anilines is 1. The van der Waals surface area contributed by atoms with Gasteiger partial charge in [0.1, 0.15) is 5.84 Å². The molecular formula is C23H19N3O4S. The van der Waals surface area contributed by atoms with E-state index in [2.05, 4.69) is 15.0 Å². The van der Waals surface area contributed by atoms with Crippen molar-refractivity contribution in [3.05, 3.63) is 95.6 Å². The predicted octanol–water partition coefficient (Wildman–Crippen LogP) is 2.98. The summed E-state index contributed by atoms with van der Waals surface area (Å²) in [6.45, 7) is 0.112. The van der Waals surface area contributed by atoms with E-state index in [0.717, 1.165) is 0 Å². The van der Waals surface area contributed by atoms with Crippen molar-refractivity contribution in [3.63, 3.8) is 0 Å². The number of sulfonamides is 1. The second kappa shape index (κ2) is 8.53. The van der Waals surface area contributed by atoms with E-state index in [-0.39, 0.29) is 35.4 Å². The Balaban J connectivity index is 1.39. The maximum absolute atomic E-state index is 12.6. The van der Waals surface area contributed by atoms with Crippen LogP contribution in [0.2, 0.25) is 0 Å². The Morgan fingerprint density at radius 1 is 0.871 bits per heavy atom. The minimum Gasteiger partial charge on any atom is -0.326 e. The Bertz CT molecular complexity index is 1280. The number of amides is 1. The molecule has 0 fully saturated rings. The van der Waals surface area contributed by atoms with Gasteiger partial charge in [0.15, 0.2) is 5.78 Å². The monoisotopic (exact) mass is 433 g/mol. The highest BCUT2D eigenvalue weighted by molar-refractivity contribution is 7.90. The van der Waals surface area contributed by atoms with Gasteiger partial charge in [0, 0.05) is 28.8 Å². The van der Waals surface area contributed by atoms with Crippen molar-refractivity contribution in [1.29, 1.82) is 0 Å². The lowest BCUT2D eigenvalue weighted by Gasteiger charge is -2.07. The fourth-order valence-electron chi connectivity index (χ4n) is 3.24. The first-order valence-electron chi connectivity index (χ1n) is 9.60. The summed E-state index contributed by atoms with van der Waals surface area (Å²) in [5, 5.41) is 2.75. The molecule has 3 aromatic rings. The molecule has 1 amide bonds. The Kier molecular flexibility index (Phi) is 5.64. The summed E-state index contributed by atoms with van der Waals surface area (Å²) in [6.07, 6.45) is 0.0598. The van der Waals surface area contributed by atoms with Crippen LogP contribution in [0.3, 0.4) is 0 Å². The molecule has 31 heavy (non-hydrogen) atoms. The van der Waals surface area contributed by atoms with E-state index in [1.807, 2.05) is 6.07 Å². The second-order valence-corrected chi connectivity index (χ2v) is 8.56. The van der Waals surface area contributed by atoms with E-state index in [1.165, 1.54) is 6.07 Å². The summed E-state index contributed by atoms with van der Waals surface area (Å²) in [7, 11) is -3.60. The Hall–Kier alpha value is -3.78. The van der Waals surface area contributed by atoms with Crippen LogP contribution in [0.25, 0.3) is 0 Å². The first-order valence-corrected chi connectivity index (χ1v) is 11.1. The number of nitrogens with zero attached hydrogens (tertiary/aromatic N) is 1. The van der Waals surface area contributed by atoms with Crippen LogP contribution < -0.4 is 10.0 Å². The number of nitrogens with one attached hydrogen (secondary N) is 2. The molecule has 0 spiro atoms. The number of carbonyl (C=O) groups excluding carboxylic acids is 2. The molecule has 1 aliphatic heterocycles. The van der Waals surface area contributed by atoms with Gasteiger partial charge in [0.05, 0.1) is 11.4 Å². The molecule has 2 N–H and O–H groups in total. The largest absolute Gasteiger partial charge is 0.326 e. The number of benzene rings is 3. The van der Waals surface area contributed by atoms with Crippen LogP contribution >= 0.6 is 0 Å². The predicted molar refractivity (Wildman–Crippen MR) is 118 cm³/mol. The molecule has 3 aromatic carbocycles. The van der Waals surface area contributed by atoms with E-state index in [9.17, 15) is 18.0 Å². The second-order valence-electron chi connectivity index (χ2n) is 6.91. The van der Waals surface area contributed by atoms with Gasteiger partial charge in [0.2, 0.25) is 5.91 Å². The minimum atomic E-state index is -3.60. The molecular weight excluding hydrogens is 414 g/mol. The maximum Gasteiger partial charge on any atom is 0.263 e. The molecule has 8 heteroatoms. The normalized spacial score (nSPS) is 15.2. The number of carbonyl (C=O) groups is 2. The fraction of sp³-hybridized carbons (Fsp3) is 0.0870. The molecule has 1 aliphatic rings. The smallest absolute Gasteiger partial charge is 0.263 e. The SMILES string of the molecule is O=C(CCN=C1NS(=O)(=O)c2ccccc21)Nc1cccc(C(=O)c2ccccc2)c1. The Labute approximate surface area is 179 Å². The molecule has 1 heterocycles. The van der Waals surface area contributed by atoms with Crippen LogP contribution in [0.5, 0.6) is 0 Å². The van der Waals surface area contributed by atoms with E-state index in [1.54, 1.807) is 66.7 Å². The van der Waals surface area contributed by atoms with Crippen molar-refractivity contribution in [2.24, 2.45) is 4.99 Å². The fourth-order valence-corrected chi connectivity index (χ4v) is 4.49. The zero-order chi connectivity index (χ0) is 21.8. The third kappa shape index (κ3) is 4.54. The molecule has 0 radical (unpaired) electrons. The van der Waals surface area contributed by atoms with Crippen LogP contribution in [0.1, 0.15) is 27.9 Å². The summed E-state index contributed by atoms with van der Waals surface area (Å²) in [5.74, 6) is -0.183. The topological polar surface area (TPSA) is 105 Å². The first kappa shape index (κ1) is 20.5. The number of aliphatic imine (C=N–C) groups is 1. The van der Waals surface area contributed by atoms with Gasteiger partial charge >= 0.3 is 0 Å². The number of amidine groups is 1. The molecule has 0 aliphatic carbocycles. The number of fused-ring (bicyclic) bond motifs is 1. The quantitative estimate of drug-likeness (QED) is 0.583. The van der Waals surface area contributed by atoms with E-state index in [4.69, 9.17) is 0 Å². The van der Waals surface area contributed by atoms with Crippen LogP contribution in [-0.2, 0) is 14.8 Å².